The molecule has 1 saturated heterocycles. The lowest BCUT2D eigenvalue weighted by Crippen LogP contribution is -2.38. The molecule has 4 aliphatic rings. The Hall–Kier alpha value is -0.0800. The number of hydrogen-bond donors (Lipinski definition) is 1. The van der Waals surface area contributed by atoms with Gasteiger partial charge in [0.05, 0.1) is 0 Å². The second-order valence-electron chi connectivity index (χ2n) is 7.19. The van der Waals surface area contributed by atoms with Crippen LogP contribution in [-0.2, 0) is 0 Å². The molecule has 2 nitrogen and oxygen atoms in total. The van der Waals surface area contributed by atoms with Crippen LogP contribution in [0.2, 0.25) is 0 Å². The molecule has 3 saturated carbocycles. The van der Waals surface area contributed by atoms with Gasteiger partial charge in [-0.2, -0.15) is 0 Å². The van der Waals surface area contributed by atoms with Gasteiger partial charge >= 0.3 is 0 Å². The number of piperidine rings is 1. The molecule has 0 aromatic carbocycles. The summed E-state index contributed by atoms with van der Waals surface area (Å²) in [6.45, 7) is 3.93. The van der Waals surface area contributed by atoms with Crippen molar-refractivity contribution in [2.75, 3.05) is 26.7 Å². The van der Waals surface area contributed by atoms with Gasteiger partial charge in [-0.05, 0) is 81.8 Å². The Morgan fingerprint density at radius 1 is 1.12 bits per heavy atom. The van der Waals surface area contributed by atoms with Crippen LogP contribution in [0.4, 0.5) is 0 Å². The third kappa shape index (κ3) is 1.76. The summed E-state index contributed by atoms with van der Waals surface area (Å²) in [7, 11) is 2.28. The molecule has 0 aromatic rings. The van der Waals surface area contributed by atoms with Gasteiger partial charge in [-0.1, -0.05) is 0 Å². The summed E-state index contributed by atoms with van der Waals surface area (Å²) in [5, 5.41) is 3.92. The smallest absolute Gasteiger partial charge is 0.0136 e. The molecule has 1 aliphatic heterocycles. The first-order valence-corrected chi connectivity index (χ1v) is 7.75. The predicted octanol–water partition coefficient (Wildman–Crippen LogP) is 1.96. The van der Waals surface area contributed by atoms with Crippen molar-refractivity contribution in [1.29, 1.82) is 0 Å². The molecule has 1 heterocycles. The van der Waals surface area contributed by atoms with E-state index in [2.05, 4.69) is 17.3 Å². The Kier molecular flexibility index (Phi) is 2.52. The van der Waals surface area contributed by atoms with Crippen LogP contribution in [0.25, 0.3) is 0 Å². The summed E-state index contributed by atoms with van der Waals surface area (Å²) in [5.74, 6) is 5.38. The van der Waals surface area contributed by atoms with Crippen LogP contribution >= 0.6 is 0 Å². The van der Waals surface area contributed by atoms with Crippen LogP contribution in [-0.4, -0.2) is 37.6 Å². The van der Waals surface area contributed by atoms with E-state index in [4.69, 9.17) is 0 Å². The first-order chi connectivity index (χ1) is 8.33. The minimum absolute atomic E-state index is 0.924. The average molecular weight is 234 g/mol. The van der Waals surface area contributed by atoms with Gasteiger partial charge in [0.2, 0.25) is 0 Å². The summed E-state index contributed by atoms with van der Waals surface area (Å²) in [6.07, 6.45) is 7.55. The van der Waals surface area contributed by atoms with E-state index in [0.29, 0.717) is 0 Å². The molecule has 5 unspecified atom stereocenters. The summed E-state index contributed by atoms with van der Waals surface area (Å²) < 4.78 is 0. The van der Waals surface area contributed by atoms with E-state index in [1.165, 1.54) is 32.5 Å². The van der Waals surface area contributed by atoms with Gasteiger partial charge in [0.25, 0.3) is 0 Å². The van der Waals surface area contributed by atoms with Crippen molar-refractivity contribution in [2.24, 2.45) is 29.6 Å². The molecule has 4 rings (SSSR count). The number of fused-ring (bicyclic) bond motifs is 5. The highest BCUT2D eigenvalue weighted by molar-refractivity contribution is 5.16. The second-order valence-corrected chi connectivity index (χ2v) is 7.19. The highest BCUT2D eigenvalue weighted by Gasteiger charge is 2.64. The van der Waals surface area contributed by atoms with Gasteiger partial charge < -0.3 is 10.2 Å². The normalized spacial score (nSPS) is 52.8. The van der Waals surface area contributed by atoms with Gasteiger partial charge in [0, 0.05) is 12.6 Å². The van der Waals surface area contributed by atoms with Gasteiger partial charge in [-0.25, -0.2) is 0 Å². The van der Waals surface area contributed by atoms with Crippen LogP contribution in [0, 0.1) is 29.6 Å². The first-order valence-electron chi connectivity index (χ1n) is 7.75. The van der Waals surface area contributed by atoms with Crippen molar-refractivity contribution >= 4 is 0 Å². The molecule has 0 amide bonds. The lowest BCUT2D eigenvalue weighted by Gasteiger charge is -2.30. The Balaban J connectivity index is 1.27. The molecule has 5 atom stereocenters. The van der Waals surface area contributed by atoms with Crippen molar-refractivity contribution < 1.29 is 0 Å². The van der Waals surface area contributed by atoms with Gasteiger partial charge in [0.1, 0.15) is 0 Å². The van der Waals surface area contributed by atoms with Crippen molar-refractivity contribution in [2.45, 2.75) is 38.1 Å². The molecule has 2 heteroatoms. The van der Waals surface area contributed by atoms with Gasteiger partial charge in [-0.15, -0.1) is 0 Å². The summed E-state index contributed by atoms with van der Waals surface area (Å²) in [4.78, 5) is 2.51. The third-order valence-corrected chi connectivity index (χ3v) is 6.10. The Morgan fingerprint density at radius 3 is 2.59 bits per heavy atom. The number of rotatable bonds is 3. The van der Waals surface area contributed by atoms with E-state index >= 15 is 0 Å². The molecule has 4 fully saturated rings. The maximum absolute atomic E-state index is 3.92. The molecule has 17 heavy (non-hydrogen) atoms. The van der Waals surface area contributed by atoms with Crippen LogP contribution < -0.4 is 5.32 Å². The molecule has 0 spiro atoms. The van der Waals surface area contributed by atoms with E-state index in [-0.39, 0.29) is 0 Å². The molecule has 0 radical (unpaired) electrons. The number of nitrogens with zero attached hydrogens (tertiary/aromatic N) is 1. The number of likely N-dealkylation sites (tertiary alicyclic amines) is 1. The Morgan fingerprint density at radius 2 is 1.88 bits per heavy atom. The summed E-state index contributed by atoms with van der Waals surface area (Å²) in [5.41, 5.74) is 0. The Labute approximate surface area is 105 Å². The highest BCUT2D eigenvalue weighted by Crippen LogP contribution is 2.65. The summed E-state index contributed by atoms with van der Waals surface area (Å²) in [6, 6.07) is 0.938. The monoisotopic (exact) mass is 234 g/mol. The van der Waals surface area contributed by atoms with E-state index in [1.807, 2.05) is 0 Å². The molecule has 3 aliphatic carbocycles. The van der Waals surface area contributed by atoms with Crippen LogP contribution in [0.3, 0.4) is 0 Å². The number of nitrogens with one attached hydrogen (secondary N) is 1. The fourth-order valence-electron chi connectivity index (χ4n) is 5.34. The zero-order valence-electron chi connectivity index (χ0n) is 11.1. The molecule has 0 aromatic heterocycles. The van der Waals surface area contributed by atoms with Crippen LogP contribution in [0.15, 0.2) is 0 Å². The second kappa shape index (κ2) is 3.96. The fourth-order valence-corrected chi connectivity index (χ4v) is 5.34. The lowest BCUT2D eigenvalue weighted by molar-refractivity contribution is 0.204. The molecular weight excluding hydrogens is 208 g/mol. The number of hydrogen-bond acceptors (Lipinski definition) is 2. The SMILES string of the molecule is CN1CCCC(CNC2C3C4CCC(C4)C23)C1. The predicted molar refractivity (Wildman–Crippen MR) is 69.8 cm³/mol. The zero-order valence-corrected chi connectivity index (χ0v) is 11.1. The van der Waals surface area contributed by atoms with Crippen molar-refractivity contribution in [3.05, 3.63) is 0 Å². The quantitative estimate of drug-likeness (QED) is 0.803. The maximum Gasteiger partial charge on any atom is 0.0136 e. The standard InChI is InChI=1S/C15H26N2/c1-17-6-2-3-10(9-17)8-16-15-13-11-4-5-12(7-11)14(13)15/h10-16H,2-9H2,1H3. The molecule has 1 N–H and O–H groups in total. The molecule has 2 bridgehead atoms. The topological polar surface area (TPSA) is 15.3 Å². The van der Waals surface area contributed by atoms with Crippen LogP contribution in [0.1, 0.15) is 32.1 Å². The third-order valence-electron chi connectivity index (χ3n) is 6.10. The van der Waals surface area contributed by atoms with Crippen LogP contribution in [0.5, 0.6) is 0 Å². The fraction of sp³-hybridized carbons (Fsp3) is 1.00. The van der Waals surface area contributed by atoms with Crippen molar-refractivity contribution in [3.8, 4) is 0 Å². The molecule has 96 valence electrons. The minimum atomic E-state index is 0.924. The van der Waals surface area contributed by atoms with E-state index in [1.54, 1.807) is 19.3 Å². The average Bonchev–Trinajstić information content (AvgIpc) is 2.72. The van der Waals surface area contributed by atoms with Crippen molar-refractivity contribution in [1.82, 2.24) is 10.2 Å². The first kappa shape index (κ1) is 10.8. The minimum Gasteiger partial charge on any atom is -0.313 e. The van der Waals surface area contributed by atoms with E-state index in [0.717, 1.165) is 35.6 Å². The van der Waals surface area contributed by atoms with Crippen molar-refractivity contribution in [3.63, 3.8) is 0 Å². The van der Waals surface area contributed by atoms with Gasteiger partial charge in [-0.3, -0.25) is 0 Å². The highest BCUT2D eigenvalue weighted by atomic mass is 15.1. The largest absolute Gasteiger partial charge is 0.313 e. The maximum atomic E-state index is 3.92. The molecular formula is C15H26N2. The van der Waals surface area contributed by atoms with E-state index < -0.39 is 0 Å². The van der Waals surface area contributed by atoms with Gasteiger partial charge in [0.15, 0.2) is 0 Å². The lowest BCUT2D eigenvalue weighted by atomic mass is 9.98. The Bertz CT molecular complexity index is 287. The van der Waals surface area contributed by atoms with E-state index in [9.17, 15) is 0 Å². The summed E-state index contributed by atoms with van der Waals surface area (Å²) >= 11 is 0. The zero-order chi connectivity index (χ0) is 11.4.